The van der Waals surface area contributed by atoms with Gasteiger partial charge in [-0.05, 0) is 58.6 Å². The van der Waals surface area contributed by atoms with Crippen molar-refractivity contribution in [3.8, 4) is 22.4 Å². The Labute approximate surface area is 250 Å². The molecule has 39 heavy (non-hydrogen) atoms. The van der Waals surface area contributed by atoms with Crippen LogP contribution >= 0.6 is 0 Å². The molecule has 0 N–H and O–H groups in total. The van der Waals surface area contributed by atoms with Crippen molar-refractivity contribution in [2.75, 3.05) is 0 Å². The standard InChI is InChI=1S/C22H16N3.C12H10N.Ir/c1-14-7-6-10-17-21-20(19-11-12-24-25(19)22(14)17)15(2)18(13-23-21)16-8-4-3-5-9-16;1-10-7-8-12(13-9-10)11-5-3-2-4-6-11;/h3-9,11-13H,1-2H3;2-5,7-9H,1H3;/q2*-1;/i2D3;1D3;. The summed E-state index contributed by atoms with van der Waals surface area (Å²) >= 11 is 0. The third kappa shape index (κ3) is 4.99. The minimum absolute atomic E-state index is 0. The summed E-state index contributed by atoms with van der Waals surface area (Å²) in [4.78, 5) is 8.83. The van der Waals surface area contributed by atoms with Gasteiger partial charge in [0.2, 0.25) is 0 Å². The number of hydrogen-bond donors (Lipinski definition) is 0. The summed E-state index contributed by atoms with van der Waals surface area (Å²) in [6.07, 6.45) is 4.75. The molecule has 4 aromatic heterocycles. The summed E-state index contributed by atoms with van der Waals surface area (Å²) in [5.74, 6) is 0. The van der Waals surface area contributed by atoms with E-state index in [1.807, 2.05) is 73.7 Å². The molecule has 0 aliphatic rings. The number of hydrogen-bond acceptors (Lipinski definition) is 3. The predicted molar refractivity (Wildman–Crippen MR) is 155 cm³/mol. The summed E-state index contributed by atoms with van der Waals surface area (Å²) in [6, 6.07) is 32.2. The van der Waals surface area contributed by atoms with Gasteiger partial charge in [-0.25, -0.2) is 0 Å². The first-order chi connectivity index (χ1) is 21.0. The fourth-order valence-electron chi connectivity index (χ4n) is 4.61. The molecule has 7 aromatic rings. The van der Waals surface area contributed by atoms with Crippen LogP contribution in [0, 0.1) is 32.8 Å². The summed E-state index contributed by atoms with van der Waals surface area (Å²) in [5, 5.41) is 5.85. The molecule has 0 amide bonds. The average molecular weight is 689 g/mol. The van der Waals surface area contributed by atoms with Gasteiger partial charge < -0.3 is 9.97 Å². The van der Waals surface area contributed by atoms with Crippen molar-refractivity contribution < 1.29 is 28.3 Å². The Balaban J connectivity index is 0.000000202. The smallest absolute Gasteiger partial charge is 0.0566 e. The van der Waals surface area contributed by atoms with Crippen molar-refractivity contribution in [3.05, 3.63) is 132 Å². The Morgan fingerprint density at radius 2 is 1.69 bits per heavy atom. The van der Waals surface area contributed by atoms with Gasteiger partial charge in [0.15, 0.2) is 0 Å². The van der Waals surface area contributed by atoms with E-state index in [0.717, 1.165) is 38.8 Å². The zero-order valence-corrected chi connectivity index (χ0v) is 23.3. The molecule has 0 fully saturated rings. The normalized spacial score (nSPS) is 13.7. The molecule has 0 spiro atoms. The van der Waals surface area contributed by atoms with E-state index in [4.69, 9.17) is 13.2 Å². The van der Waals surface area contributed by atoms with Gasteiger partial charge in [0, 0.05) is 52.5 Å². The first-order valence-corrected chi connectivity index (χ1v) is 12.1. The van der Waals surface area contributed by atoms with Gasteiger partial charge in [-0.3, -0.25) is 4.52 Å². The van der Waals surface area contributed by atoms with Crippen LogP contribution < -0.4 is 0 Å². The van der Waals surface area contributed by atoms with Crippen molar-refractivity contribution in [2.24, 2.45) is 0 Å². The Bertz CT molecular complexity index is 2090. The number of fused-ring (bicyclic) bond motifs is 6. The predicted octanol–water partition coefficient (Wildman–Crippen LogP) is 7.97. The van der Waals surface area contributed by atoms with Crippen molar-refractivity contribution in [3.63, 3.8) is 0 Å². The van der Waals surface area contributed by atoms with Crippen LogP contribution in [0.15, 0.2) is 104 Å². The van der Waals surface area contributed by atoms with Crippen LogP contribution in [0.25, 0.3) is 49.7 Å². The molecule has 0 unspecified atom stereocenters. The summed E-state index contributed by atoms with van der Waals surface area (Å²) in [6.45, 7) is -2.40. The topological polar surface area (TPSA) is 43.1 Å². The second kappa shape index (κ2) is 11.3. The van der Waals surface area contributed by atoms with E-state index < -0.39 is 13.7 Å². The summed E-state index contributed by atoms with van der Waals surface area (Å²) in [7, 11) is 0. The quantitative estimate of drug-likeness (QED) is 0.137. The molecule has 5 heteroatoms. The van der Waals surface area contributed by atoms with Crippen molar-refractivity contribution in [1.82, 2.24) is 19.6 Å². The monoisotopic (exact) mass is 689 g/mol. The Morgan fingerprint density at radius 3 is 2.44 bits per heavy atom. The number of aromatic nitrogens is 4. The summed E-state index contributed by atoms with van der Waals surface area (Å²) in [5.41, 5.74) is 6.89. The fourth-order valence-corrected chi connectivity index (χ4v) is 4.61. The number of rotatable bonds is 2. The molecule has 0 atom stereocenters. The number of nitrogens with zero attached hydrogens (tertiary/aromatic N) is 4. The number of pyridine rings is 3. The van der Waals surface area contributed by atoms with Crippen LogP contribution in [-0.4, -0.2) is 19.6 Å². The van der Waals surface area contributed by atoms with Gasteiger partial charge in [0.05, 0.1) is 5.52 Å². The van der Waals surface area contributed by atoms with E-state index in [1.165, 1.54) is 6.20 Å². The third-order valence-corrected chi connectivity index (χ3v) is 6.43. The molecule has 4 nitrogen and oxygen atoms in total. The van der Waals surface area contributed by atoms with E-state index in [1.54, 1.807) is 35.1 Å². The van der Waals surface area contributed by atoms with Crippen molar-refractivity contribution in [2.45, 2.75) is 20.6 Å². The SMILES string of the molecule is [2H]C([2H])([2H])c1c(-c2ccccc2)cnc2c3[c-]ccc(C)c3n3nccc3c12.[2H]C([2H])([2H])c1ccc(-c2[c-]cccc2)nc1.[Ir]. The Morgan fingerprint density at radius 1 is 0.821 bits per heavy atom. The molecule has 7 rings (SSSR count). The van der Waals surface area contributed by atoms with Crippen LogP contribution in [-0.2, 0) is 20.1 Å². The Hall–Kier alpha value is -4.18. The van der Waals surface area contributed by atoms with E-state index in [9.17, 15) is 0 Å². The second-order valence-electron chi connectivity index (χ2n) is 8.86. The molecule has 1 radical (unpaired) electrons. The van der Waals surface area contributed by atoms with Crippen molar-refractivity contribution >= 4 is 27.3 Å². The molecule has 0 aliphatic heterocycles. The third-order valence-electron chi connectivity index (χ3n) is 6.43. The number of aryl methyl sites for hydroxylation is 3. The van der Waals surface area contributed by atoms with E-state index in [0.29, 0.717) is 22.0 Å². The van der Waals surface area contributed by atoms with E-state index >= 15 is 0 Å². The zero-order chi connectivity index (χ0) is 31.1. The minimum Gasteiger partial charge on any atom is -0.304 e. The van der Waals surface area contributed by atoms with Gasteiger partial charge in [-0.2, -0.15) is 5.10 Å². The fraction of sp³-hybridized carbons (Fsp3) is 0.0882. The average Bonchev–Trinajstić information content (AvgIpc) is 3.51. The van der Waals surface area contributed by atoms with Gasteiger partial charge in [0.1, 0.15) is 0 Å². The molecule has 4 heterocycles. The van der Waals surface area contributed by atoms with Crippen LogP contribution in [0.5, 0.6) is 0 Å². The molecule has 0 aliphatic carbocycles. The molecule has 3 aromatic carbocycles. The van der Waals surface area contributed by atoms with Gasteiger partial charge >= 0.3 is 0 Å². The van der Waals surface area contributed by atoms with Crippen LogP contribution in [0.4, 0.5) is 0 Å². The maximum Gasteiger partial charge on any atom is 0.0566 e. The first-order valence-electron chi connectivity index (χ1n) is 15.1. The Kier molecular flexibility index (Phi) is 5.74. The molecular formula is C34H26IrN4-2. The molecular weight excluding hydrogens is 657 g/mol. The number of benzene rings is 3. The maximum atomic E-state index is 8.29. The van der Waals surface area contributed by atoms with Crippen LogP contribution in [0.2, 0.25) is 0 Å². The molecule has 0 saturated carbocycles. The largest absolute Gasteiger partial charge is 0.304 e. The minimum atomic E-state index is -2.31. The molecule has 193 valence electrons. The maximum absolute atomic E-state index is 8.29. The van der Waals surface area contributed by atoms with Gasteiger partial charge in [-0.1, -0.05) is 54.8 Å². The molecule has 0 saturated heterocycles. The van der Waals surface area contributed by atoms with Gasteiger partial charge in [0.25, 0.3) is 0 Å². The summed E-state index contributed by atoms with van der Waals surface area (Å²) < 4.78 is 48.4. The van der Waals surface area contributed by atoms with Crippen LogP contribution in [0.1, 0.15) is 24.9 Å². The second-order valence-corrected chi connectivity index (χ2v) is 8.86. The first kappa shape index (κ1) is 19.8. The van der Waals surface area contributed by atoms with E-state index in [2.05, 4.69) is 22.2 Å². The van der Waals surface area contributed by atoms with E-state index in [-0.39, 0.29) is 25.7 Å². The van der Waals surface area contributed by atoms with Gasteiger partial charge in [-0.15, -0.1) is 59.7 Å². The van der Waals surface area contributed by atoms with Crippen molar-refractivity contribution in [1.29, 1.82) is 0 Å². The molecule has 0 bridgehead atoms. The zero-order valence-electron chi connectivity index (χ0n) is 26.9. The van der Waals surface area contributed by atoms with Crippen LogP contribution in [0.3, 0.4) is 0 Å².